The lowest BCUT2D eigenvalue weighted by molar-refractivity contribution is 0.0762. The van der Waals surface area contributed by atoms with Crippen LogP contribution in [0.15, 0.2) is 36.5 Å². The molecule has 0 bridgehead atoms. The van der Waals surface area contributed by atoms with Crippen LogP contribution >= 0.6 is 12.4 Å². The highest BCUT2D eigenvalue weighted by atomic mass is 35.5. The number of benzene rings is 1. The summed E-state index contributed by atoms with van der Waals surface area (Å²) in [6.45, 7) is 7.74. The van der Waals surface area contributed by atoms with E-state index in [0.717, 1.165) is 48.4 Å². The first-order valence-electron chi connectivity index (χ1n) is 10.4. The maximum absolute atomic E-state index is 13.4. The van der Waals surface area contributed by atoms with Crippen LogP contribution in [0.25, 0.3) is 11.0 Å². The van der Waals surface area contributed by atoms with E-state index in [1.807, 2.05) is 24.0 Å². The highest BCUT2D eigenvalue weighted by molar-refractivity contribution is 6.07. The number of hydrogen-bond acceptors (Lipinski definition) is 4. The van der Waals surface area contributed by atoms with Crippen molar-refractivity contribution in [3.8, 4) is 0 Å². The van der Waals surface area contributed by atoms with E-state index in [1.54, 1.807) is 6.20 Å². The van der Waals surface area contributed by atoms with Crippen LogP contribution < -0.4 is 5.32 Å². The topological polar surface area (TPSA) is 58.1 Å². The van der Waals surface area contributed by atoms with Crippen molar-refractivity contribution in [2.45, 2.75) is 46.5 Å². The summed E-state index contributed by atoms with van der Waals surface area (Å²) in [5.74, 6) is 0.0498. The van der Waals surface area contributed by atoms with Crippen LogP contribution in [0.4, 0.5) is 11.4 Å². The van der Waals surface area contributed by atoms with Crippen LogP contribution in [0, 0.1) is 20.8 Å². The Morgan fingerprint density at radius 3 is 2.30 bits per heavy atom. The van der Waals surface area contributed by atoms with Gasteiger partial charge in [-0.15, -0.1) is 12.4 Å². The van der Waals surface area contributed by atoms with Crippen molar-refractivity contribution in [3.63, 3.8) is 0 Å². The number of pyridine rings is 2. The van der Waals surface area contributed by atoms with Crippen LogP contribution in [0.3, 0.4) is 0 Å². The van der Waals surface area contributed by atoms with Gasteiger partial charge in [0.2, 0.25) is 0 Å². The van der Waals surface area contributed by atoms with Crippen molar-refractivity contribution in [3.05, 3.63) is 58.9 Å². The van der Waals surface area contributed by atoms with E-state index in [-0.39, 0.29) is 18.3 Å². The Balaban J connectivity index is 0.00000256. The number of nitrogens with zero attached hydrogens (tertiary/aromatic N) is 3. The van der Waals surface area contributed by atoms with Gasteiger partial charge in [0.15, 0.2) is 5.65 Å². The third-order valence-corrected chi connectivity index (χ3v) is 5.48. The largest absolute Gasteiger partial charge is 0.354 e. The molecular formula is C24H29ClN4O. The Morgan fingerprint density at radius 1 is 0.967 bits per heavy atom. The minimum Gasteiger partial charge on any atom is -0.354 e. The number of hydrogen-bond donors (Lipinski definition) is 1. The van der Waals surface area contributed by atoms with Crippen LogP contribution in [0.2, 0.25) is 0 Å². The molecule has 2 aromatic heterocycles. The van der Waals surface area contributed by atoms with Crippen molar-refractivity contribution in [1.82, 2.24) is 14.9 Å². The maximum Gasteiger partial charge on any atom is 0.257 e. The summed E-state index contributed by atoms with van der Waals surface area (Å²) >= 11 is 0. The molecule has 1 N–H and O–H groups in total. The quantitative estimate of drug-likeness (QED) is 0.582. The molecule has 5 nitrogen and oxygen atoms in total. The summed E-state index contributed by atoms with van der Waals surface area (Å²) in [6.07, 6.45) is 6.20. The number of nitrogens with one attached hydrogen (secondary N) is 1. The third-order valence-electron chi connectivity index (χ3n) is 5.48. The molecule has 6 heteroatoms. The van der Waals surface area contributed by atoms with Crippen LogP contribution in [0.5, 0.6) is 0 Å². The minimum absolute atomic E-state index is 0. The fourth-order valence-electron chi connectivity index (χ4n) is 4.10. The molecule has 1 aliphatic rings. The fraction of sp³-hybridized carbons (Fsp3) is 0.375. The van der Waals surface area contributed by atoms with Gasteiger partial charge in [0.05, 0.1) is 11.3 Å². The predicted octanol–water partition coefficient (Wildman–Crippen LogP) is 5.74. The van der Waals surface area contributed by atoms with Gasteiger partial charge >= 0.3 is 0 Å². The molecule has 4 rings (SSSR count). The predicted molar refractivity (Wildman–Crippen MR) is 125 cm³/mol. The Morgan fingerprint density at radius 2 is 1.63 bits per heavy atom. The lowest BCUT2D eigenvalue weighted by atomic mass is 10.1. The number of carbonyl (C=O) groups is 1. The molecule has 158 valence electrons. The van der Waals surface area contributed by atoms with Gasteiger partial charge in [-0.2, -0.15) is 0 Å². The van der Waals surface area contributed by atoms with Gasteiger partial charge in [0.25, 0.3) is 5.91 Å². The number of likely N-dealkylation sites (tertiary alicyclic amines) is 1. The summed E-state index contributed by atoms with van der Waals surface area (Å²) in [6, 6.07) is 10.3. The molecule has 0 unspecified atom stereocenters. The maximum atomic E-state index is 13.4. The van der Waals surface area contributed by atoms with E-state index >= 15 is 0 Å². The minimum atomic E-state index is 0. The molecular weight excluding hydrogens is 396 g/mol. The summed E-state index contributed by atoms with van der Waals surface area (Å²) in [7, 11) is 0. The van der Waals surface area contributed by atoms with Gasteiger partial charge in [-0.3, -0.25) is 4.79 Å². The van der Waals surface area contributed by atoms with E-state index in [4.69, 9.17) is 0 Å². The number of halogens is 1. The highest BCUT2D eigenvalue weighted by Crippen LogP contribution is 2.31. The van der Waals surface area contributed by atoms with Crippen molar-refractivity contribution in [1.29, 1.82) is 0 Å². The van der Waals surface area contributed by atoms with Crippen molar-refractivity contribution >= 4 is 40.7 Å². The average Bonchev–Trinajstić information content (AvgIpc) is 2.96. The zero-order valence-corrected chi connectivity index (χ0v) is 18.7. The molecule has 1 fully saturated rings. The van der Waals surface area contributed by atoms with E-state index in [9.17, 15) is 4.79 Å². The van der Waals surface area contributed by atoms with Gasteiger partial charge in [0.1, 0.15) is 0 Å². The monoisotopic (exact) mass is 424 g/mol. The van der Waals surface area contributed by atoms with Gasteiger partial charge in [-0.05, 0) is 69.0 Å². The van der Waals surface area contributed by atoms with Crippen LogP contribution in [-0.4, -0.2) is 33.9 Å². The van der Waals surface area contributed by atoms with E-state index in [0.29, 0.717) is 11.2 Å². The number of fused-ring (bicyclic) bond motifs is 1. The second kappa shape index (κ2) is 9.43. The van der Waals surface area contributed by atoms with E-state index in [2.05, 4.69) is 47.3 Å². The van der Waals surface area contributed by atoms with Crippen molar-refractivity contribution in [2.75, 3.05) is 18.4 Å². The molecule has 3 heterocycles. The molecule has 1 aromatic carbocycles. The summed E-state index contributed by atoms with van der Waals surface area (Å²) in [5.41, 5.74) is 6.31. The molecule has 0 atom stereocenters. The first-order valence-corrected chi connectivity index (χ1v) is 10.4. The molecule has 0 aliphatic carbocycles. The SMILES string of the molecule is Cc1cc(C)cc(Nc2c(C(=O)N3CCCCCC3)cnc3nc(C)ccc23)c1.Cl. The lowest BCUT2D eigenvalue weighted by Crippen LogP contribution is -2.32. The highest BCUT2D eigenvalue weighted by Gasteiger charge is 2.22. The van der Waals surface area contributed by atoms with Crippen molar-refractivity contribution in [2.24, 2.45) is 0 Å². The van der Waals surface area contributed by atoms with Crippen LogP contribution in [-0.2, 0) is 0 Å². The smallest absolute Gasteiger partial charge is 0.257 e. The zero-order chi connectivity index (χ0) is 20.4. The van der Waals surface area contributed by atoms with Crippen molar-refractivity contribution < 1.29 is 4.79 Å². The number of carbonyl (C=O) groups excluding carboxylic acids is 1. The van der Waals surface area contributed by atoms with E-state index < -0.39 is 0 Å². The molecule has 0 radical (unpaired) electrons. The Hall–Kier alpha value is -2.66. The van der Waals surface area contributed by atoms with E-state index in [1.165, 1.54) is 24.0 Å². The second-order valence-electron chi connectivity index (χ2n) is 8.08. The number of aromatic nitrogens is 2. The Labute approximate surface area is 184 Å². The fourth-order valence-corrected chi connectivity index (χ4v) is 4.10. The normalized spacial score (nSPS) is 14.2. The summed E-state index contributed by atoms with van der Waals surface area (Å²) in [5, 5.41) is 4.40. The molecule has 1 aliphatic heterocycles. The third kappa shape index (κ3) is 4.73. The number of rotatable bonds is 3. The Kier molecular flexibility index (Phi) is 6.93. The molecule has 0 saturated carbocycles. The first-order chi connectivity index (χ1) is 14.0. The zero-order valence-electron chi connectivity index (χ0n) is 17.9. The molecule has 30 heavy (non-hydrogen) atoms. The summed E-state index contributed by atoms with van der Waals surface area (Å²) in [4.78, 5) is 24.5. The number of anilines is 2. The standard InChI is InChI=1S/C24H28N4O.ClH/c1-16-12-17(2)14-19(13-16)27-22-20-9-8-18(3)26-23(20)25-15-21(22)24(29)28-10-6-4-5-7-11-28;/h8-9,12-15H,4-7,10-11H2,1-3H3,(H,25,26,27);1H. The Bertz CT molecular complexity index is 1040. The van der Waals surface area contributed by atoms with Gasteiger partial charge in [-0.25, -0.2) is 9.97 Å². The molecule has 1 amide bonds. The van der Waals surface area contributed by atoms with Gasteiger partial charge in [0, 0.05) is 36.1 Å². The summed E-state index contributed by atoms with van der Waals surface area (Å²) < 4.78 is 0. The van der Waals surface area contributed by atoms with Gasteiger partial charge < -0.3 is 10.2 Å². The molecule has 3 aromatic rings. The molecule has 0 spiro atoms. The van der Waals surface area contributed by atoms with Gasteiger partial charge in [-0.1, -0.05) is 18.9 Å². The number of amides is 1. The number of aryl methyl sites for hydroxylation is 3. The lowest BCUT2D eigenvalue weighted by Gasteiger charge is -2.23. The second-order valence-corrected chi connectivity index (χ2v) is 8.08. The first kappa shape index (κ1) is 22.0. The van der Waals surface area contributed by atoms with Crippen LogP contribution in [0.1, 0.15) is 52.9 Å². The average molecular weight is 425 g/mol. The molecule has 1 saturated heterocycles.